The van der Waals surface area contributed by atoms with Crippen molar-refractivity contribution in [2.75, 3.05) is 6.61 Å². The van der Waals surface area contributed by atoms with Crippen LogP contribution in [0.25, 0.3) is 0 Å². The minimum absolute atomic E-state index is 0.112. The third kappa shape index (κ3) is 3.03. The van der Waals surface area contributed by atoms with Crippen LogP contribution in [0.3, 0.4) is 0 Å². The van der Waals surface area contributed by atoms with E-state index in [2.05, 4.69) is 0 Å². The van der Waals surface area contributed by atoms with E-state index in [1.54, 1.807) is 12.1 Å². The average Bonchev–Trinajstić information content (AvgIpc) is 3.04. The van der Waals surface area contributed by atoms with Gasteiger partial charge < -0.3 is 9.84 Å². The summed E-state index contributed by atoms with van der Waals surface area (Å²) in [6.45, 7) is 0.540. The summed E-state index contributed by atoms with van der Waals surface area (Å²) in [6.07, 6.45) is 3.68. The Kier molecular flexibility index (Phi) is 3.95. The second-order valence-corrected chi connectivity index (χ2v) is 4.96. The van der Waals surface area contributed by atoms with Gasteiger partial charge in [0, 0.05) is 10.6 Å². The summed E-state index contributed by atoms with van der Waals surface area (Å²) in [5, 5.41) is 10.2. The molecule has 1 aromatic rings. The van der Waals surface area contributed by atoms with Crippen LogP contribution in [-0.2, 0) is 6.61 Å². The molecule has 1 aliphatic carbocycles. The zero-order chi connectivity index (χ0) is 11.5. The molecule has 0 radical (unpaired) electrons. The molecule has 0 spiro atoms. The molecule has 1 fully saturated rings. The van der Waals surface area contributed by atoms with Gasteiger partial charge in [0.05, 0.1) is 18.2 Å². The fourth-order valence-corrected chi connectivity index (χ4v) is 2.22. The molecule has 0 unspecified atom stereocenters. The van der Waals surface area contributed by atoms with Gasteiger partial charge in [-0.15, -0.1) is 0 Å². The molecule has 4 heteroatoms. The first kappa shape index (κ1) is 12.0. The summed E-state index contributed by atoms with van der Waals surface area (Å²) in [4.78, 5) is 0. The fraction of sp³-hybridized carbons (Fsp3) is 0.500. The van der Waals surface area contributed by atoms with E-state index in [-0.39, 0.29) is 6.61 Å². The van der Waals surface area contributed by atoms with Crippen LogP contribution >= 0.6 is 23.2 Å². The van der Waals surface area contributed by atoms with E-state index in [1.807, 2.05) is 0 Å². The molecule has 0 amide bonds. The summed E-state index contributed by atoms with van der Waals surface area (Å²) in [6, 6.07) is 3.31. The molecule has 2 nitrogen and oxygen atoms in total. The molecule has 0 bridgehead atoms. The molecule has 1 aliphatic rings. The first-order chi connectivity index (χ1) is 7.70. The van der Waals surface area contributed by atoms with E-state index >= 15 is 0 Å². The molecule has 1 saturated carbocycles. The zero-order valence-corrected chi connectivity index (χ0v) is 10.4. The lowest BCUT2D eigenvalue weighted by atomic mass is 10.2. The van der Waals surface area contributed by atoms with E-state index in [1.165, 1.54) is 12.8 Å². The number of benzene rings is 1. The third-order valence-corrected chi connectivity index (χ3v) is 3.22. The van der Waals surface area contributed by atoms with Gasteiger partial charge in [-0.2, -0.15) is 0 Å². The van der Waals surface area contributed by atoms with Gasteiger partial charge in [0.2, 0.25) is 0 Å². The van der Waals surface area contributed by atoms with Crippen LogP contribution in [0, 0.1) is 5.92 Å². The van der Waals surface area contributed by atoms with Crippen molar-refractivity contribution in [2.45, 2.75) is 25.9 Å². The molecule has 0 saturated heterocycles. The van der Waals surface area contributed by atoms with Gasteiger partial charge in [0.25, 0.3) is 0 Å². The summed E-state index contributed by atoms with van der Waals surface area (Å²) in [5.74, 6) is 1.39. The number of hydrogen-bond acceptors (Lipinski definition) is 2. The maximum absolute atomic E-state index is 9.19. The smallest absolute Gasteiger partial charge is 0.143 e. The molecule has 1 N–H and O–H groups in total. The standard InChI is InChI=1S/C12H14Cl2O2/c13-10-5-9(7-15)12(11(14)6-10)16-4-3-8-1-2-8/h5-6,8,15H,1-4,7H2. The van der Waals surface area contributed by atoms with Crippen LogP contribution < -0.4 is 4.74 Å². The Morgan fingerprint density at radius 3 is 2.69 bits per heavy atom. The Bertz CT molecular complexity index is 376. The highest BCUT2D eigenvalue weighted by Crippen LogP contribution is 2.35. The number of rotatable bonds is 5. The van der Waals surface area contributed by atoms with E-state index in [4.69, 9.17) is 27.9 Å². The highest BCUT2D eigenvalue weighted by Gasteiger charge is 2.21. The lowest BCUT2D eigenvalue weighted by molar-refractivity contribution is 0.259. The first-order valence-electron chi connectivity index (χ1n) is 5.42. The lowest BCUT2D eigenvalue weighted by Crippen LogP contribution is -2.02. The van der Waals surface area contributed by atoms with E-state index in [0.29, 0.717) is 28.0 Å². The molecule has 0 atom stereocenters. The SMILES string of the molecule is OCc1cc(Cl)cc(Cl)c1OCCC1CC1. The van der Waals surface area contributed by atoms with E-state index < -0.39 is 0 Å². The zero-order valence-electron chi connectivity index (χ0n) is 8.88. The maximum atomic E-state index is 9.19. The number of aliphatic hydroxyl groups excluding tert-OH is 1. The molecule has 0 heterocycles. The highest BCUT2D eigenvalue weighted by molar-refractivity contribution is 6.35. The van der Waals surface area contributed by atoms with Gasteiger partial charge in [0.15, 0.2) is 0 Å². The lowest BCUT2D eigenvalue weighted by Gasteiger charge is -2.12. The predicted molar refractivity (Wildman–Crippen MR) is 65.2 cm³/mol. The normalized spacial score (nSPS) is 15.2. The van der Waals surface area contributed by atoms with Gasteiger partial charge in [-0.25, -0.2) is 0 Å². The average molecular weight is 261 g/mol. The van der Waals surface area contributed by atoms with Gasteiger partial charge in [-0.1, -0.05) is 36.0 Å². The van der Waals surface area contributed by atoms with E-state index in [0.717, 1.165) is 12.3 Å². The third-order valence-electron chi connectivity index (χ3n) is 2.73. The molecule has 2 rings (SSSR count). The van der Waals surface area contributed by atoms with Crippen molar-refractivity contribution in [1.29, 1.82) is 0 Å². The second-order valence-electron chi connectivity index (χ2n) is 4.11. The summed E-state index contributed by atoms with van der Waals surface area (Å²) in [5.41, 5.74) is 0.647. The molecule has 1 aromatic carbocycles. The second kappa shape index (κ2) is 5.26. The molecular formula is C12H14Cl2O2. The Morgan fingerprint density at radius 1 is 1.31 bits per heavy atom. The van der Waals surface area contributed by atoms with Gasteiger partial charge >= 0.3 is 0 Å². The summed E-state index contributed by atoms with van der Waals surface area (Å²) in [7, 11) is 0. The van der Waals surface area contributed by atoms with Gasteiger partial charge in [-0.3, -0.25) is 0 Å². The minimum atomic E-state index is -0.112. The van der Waals surface area contributed by atoms with E-state index in [9.17, 15) is 5.11 Å². The minimum Gasteiger partial charge on any atom is -0.492 e. The Morgan fingerprint density at radius 2 is 2.06 bits per heavy atom. The maximum Gasteiger partial charge on any atom is 0.143 e. The van der Waals surface area contributed by atoms with Crippen molar-refractivity contribution in [3.8, 4) is 5.75 Å². The number of ether oxygens (including phenoxy) is 1. The topological polar surface area (TPSA) is 29.5 Å². The highest BCUT2D eigenvalue weighted by atomic mass is 35.5. The first-order valence-corrected chi connectivity index (χ1v) is 6.18. The van der Waals surface area contributed by atoms with Crippen LogP contribution in [-0.4, -0.2) is 11.7 Å². The quantitative estimate of drug-likeness (QED) is 0.876. The Balaban J connectivity index is 2.04. The van der Waals surface area contributed by atoms with Crippen molar-refractivity contribution < 1.29 is 9.84 Å². The van der Waals surface area contributed by atoms with Crippen LogP contribution in [0.4, 0.5) is 0 Å². The fourth-order valence-electron chi connectivity index (χ4n) is 1.63. The van der Waals surface area contributed by atoms with Crippen LogP contribution in [0.5, 0.6) is 5.75 Å². The predicted octanol–water partition coefficient (Wildman–Crippen LogP) is 3.66. The van der Waals surface area contributed by atoms with Gasteiger partial charge in [-0.05, 0) is 24.5 Å². The molecule has 88 valence electrons. The molecule has 0 aliphatic heterocycles. The molecule has 16 heavy (non-hydrogen) atoms. The van der Waals surface area contributed by atoms with Crippen molar-refractivity contribution in [3.63, 3.8) is 0 Å². The van der Waals surface area contributed by atoms with Crippen molar-refractivity contribution in [3.05, 3.63) is 27.7 Å². The number of hydrogen-bond donors (Lipinski definition) is 1. The van der Waals surface area contributed by atoms with Crippen LogP contribution in [0.1, 0.15) is 24.8 Å². The van der Waals surface area contributed by atoms with Crippen molar-refractivity contribution in [1.82, 2.24) is 0 Å². The number of aliphatic hydroxyl groups is 1. The van der Waals surface area contributed by atoms with Crippen molar-refractivity contribution in [2.24, 2.45) is 5.92 Å². The largest absolute Gasteiger partial charge is 0.492 e. The monoisotopic (exact) mass is 260 g/mol. The van der Waals surface area contributed by atoms with Crippen molar-refractivity contribution >= 4 is 23.2 Å². The summed E-state index contributed by atoms with van der Waals surface area (Å²) < 4.78 is 5.61. The number of halogens is 2. The Labute approximate surface area is 105 Å². The van der Waals surface area contributed by atoms with Crippen LogP contribution in [0.2, 0.25) is 10.0 Å². The van der Waals surface area contributed by atoms with Crippen LogP contribution in [0.15, 0.2) is 12.1 Å². The Hall–Kier alpha value is -0.440. The molecule has 0 aromatic heterocycles. The molecular weight excluding hydrogens is 247 g/mol. The van der Waals surface area contributed by atoms with Gasteiger partial charge in [0.1, 0.15) is 5.75 Å². The summed E-state index contributed by atoms with van der Waals surface area (Å²) >= 11 is 11.9.